The van der Waals surface area contributed by atoms with Crippen LogP contribution in [-0.2, 0) is 0 Å². The van der Waals surface area contributed by atoms with Crippen LogP contribution in [0.15, 0.2) is 46.6 Å². The normalized spacial score (nSPS) is 16.0. The zero-order chi connectivity index (χ0) is 17.7. The highest BCUT2D eigenvalue weighted by Gasteiger charge is 2.35. The van der Waals surface area contributed by atoms with Crippen molar-refractivity contribution in [3.8, 4) is 0 Å². The highest BCUT2D eigenvalue weighted by molar-refractivity contribution is 7.99. The first-order valence-electron chi connectivity index (χ1n) is 8.13. The van der Waals surface area contributed by atoms with Crippen LogP contribution < -0.4 is 0 Å². The minimum absolute atomic E-state index is 0.0338. The Labute approximate surface area is 161 Å². The summed E-state index contributed by atoms with van der Waals surface area (Å²) in [5.74, 6) is 0.0338. The summed E-state index contributed by atoms with van der Waals surface area (Å²) in [4.78, 5) is 5.26. The van der Waals surface area contributed by atoms with E-state index >= 15 is 0 Å². The molecule has 3 aromatic rings. The molecule has 0 aliphatic carbocycles. The molecule has 1 aliphatic rings. The second kappa shape index (κ2) is 6.35. The van der Waals surface area contributed by atoms with Crippen molar-refractivity contribution in [3.63, 3.8) is 0 Å². The molecule has 1 atom stereocenters. The molecule has 1 unspecified atom stereocenters. The summed E-state index contributed by atoms with van der Waals surface area (Å²) in [6.45, 7) is 6.37. The van der Waals surface area contributed by atoms with Crippen LogP contribution in [0.2, 0.25) is 10.0 Å². The fraction of sp³-hybridized carbons (Fsp3) is 0.263. The van der Waals surface area contributed by atoms with Gasteiger partial charge in [-0.05, 0) is 56.2 Å². The molecule has 0 spiro atoms. The Bertz CT molecular complexity index is 951. The lowest BCUT2D eigenvalue weighted by atomic mass is 9.85. The third-order valence-corrected chi connectivity index (χ3v) is 6.14. The Morgan fingerprint density at radius 1 is 1.12 bits per heavy atom. The van der Waals surface area contributed by atoms with Gasteiger partial charge < -0.3 is 0 Å². The monoisotopic (exact) mass is 389 g/mol. The standard InChI is InChI=1S/C19H17Cl2N3S/c1-10(2)24-19-16(11(3)23-24)17(12-4-6-22-7-5-12)18-14(21)8-13(20)9-15(18)25-19/h4-10,17H,1-3H3. The Kier molecular flexibility index (Phi) is 4.30. The number of hydrogen-bond donors (Lipinski definition) is 0. The molecule has 128 valence electrons. The number of nitrogens with zero attached hydrogens (tertiary/aromatic N) is 3. The summed E-state index contributed by atoms with van der Waals surface area (Å²) in [7, 11) is 0. The van der Waals surface area contributed by atoms with Gasteiger partial charge in [0, 0.05) is 44.9 Å². The maximum Gasteiger partial charge on any atom is 0.103 e. The maximum absolute atomic E-state index is 6.64. The van der Waals surface area contributed by atoms with E-state index < -0.39 is 0 Å². The third-order valence-electron chi connectivity index (χ3n) is 4.45. The molecule has 3 heterocycles. The molecule has 25 heavy (non-hydrogen) atoms. The molecule has 0 amide bonds. The van der Waals surface area contributed by atoms with Gasteiger partial charge in [-0.1, -0.05) is 35.0 Å². The lowest BCUT2D eigenvalue weighted by Crippen LogP contribution is -2.13. The van der Waals surface area contributed by atoms with Gasteiger partial charge in [-0.2, -0.15) is 5.10 Å². The SMILES string of the molecule is Cc1nn(C(C)C)c2c1C(c1ccncc1)c1c(Cl)cc(Cl)cc1S2. The van der Waals surface area contributed by atoms with Crippen molar-refractivity contribution in [2.24, 2.45) is 0 Å². The molecular formula is C19H17Cl2N3S. The number of benzene rings is 1. The fourth-order valence-corrected chi connectivity index (χ4v) is 5.56. The van der Waals surface area contributed by atoms with E-state index in [-0.39, 0.29) is 12.0 Å². The van der Waals surface area contributed by atoms with E-state index in [2.05, 4.69) is 30.4 Å². The summed E-state index contributed by atoms with van der Waals surface area (Å²) >= 11 is 14.6. The van der Waals surface area contributed by atoms with Gasteiger partial charge in [-0.15, -0.1) is 0 Å². The summed E-state index contributed by atoms with van der Waals surface area (Å²) in [6, 6.07) is 8.20. The van der Waals surface area contributed by atoms with E-state index in [0.717, 1.165) is 21.7 Å². The molecule has 0 N–H and O–H groups in total. The minimum atomic E-state index is 0.0338. The molecule has 0 saturated heterocycles. The smallest absolute Gasteiger partial charge is 0.103 e. The van der Waals surface area contributed by atoms with E-state index in [4.69, 9.17) is 28.3 Å². The summed E-state index contributed by atoms with van der Waals surface area (Å²) in [5, 5.41) is 7.32. The van der Waals surface area contributed by atoms with Gasteiger partial charge in [0.15, 0.2) is 0 Å². The number of fused-ring (bicyclic) bond motifs is 2. The van der Waals surface area contributed by atoms with Crippen LogP contribution in [0.5, 0.6) is 0 Å². The average Bonchev–Trinajstić information content (AvgIpc) is 2.90. The Hall–Kier alpha value is -1.49. The fourth-order valence-electron chi connectivity index (χ4n) is 3.39. The highest BCUT2D eigenvalue weighted by atomic mass is 35.5. The summed E-state index contributed by atoms with van der Waals surface area (Å²) in [5.41, 5.74) is 4.52. The van der Waals surface area contributed by atoms with Crippen molar-refractivity contribution in [2.75, 3.05) is 0 Å². The quantitative estimate of drug-likeness (QED) is 0.413. The van der Waals surface area contributed by atoms with Crippen LogP contribution in [0.4, 0.5) is 0 Å². The van der Waals surface area contributed by atoms with Crippen molar-refractivity contribution in [1.29, 1.82) is 0 Å². The molecule has 6 heteroatoms. The largest absolute Gasteiger partial charge is 0.265 e. The molecule has 2 aromatic heterocycles. The molecule has 0 fully saturated rings. The van der Waals surface area contributed by atoms with E-state index in [1.165, 1.54) is 10.6 Å². The van der Waals surface area contributed by atoms with Gasteiger partial charge in [0.1, 0.15) is 5.03 Å². The Balaban J connectivity index is 2.04. The first-order chi connectivity index (χ1) is 12.0. The van der Waals surface area contributed by atoms with Crippen LogP contribution >= 0.6 is 35.0 Å². The van der Waals surface area contributed by atoms with Crippen LogP contribution in [-0.4, -0.2) is 14.8 Å². The van der Waals surface area contributed by atoms with Gasteiger partial charge in [-0.3, -0.25) is 9.67 Å². The van der Waals surface area contributed by atoms with Crippen molar-refractivity contribution in [2.45, 2.75) is 42.7 Å². The van der Waals surface area contributed by atoms with Crippen molar-refractivity contribution >= 4 is 35.0 Å². The summed E-state index contributed by atoms with van der Waals surface area (Å²) in [6.07, 6.45) is 3.64. The van der Waals surface area contributed by atoms with Gasteiger partial charge in [0.2, 0.25) is 0 Å². The maximum atomic E-state index is 6.64. The first kappa shape index (κ1) is 17.0. The third kappa shape index (κ3) is 2.77. The van der Waals surface area contributed by atoms with E-state index in [1.807, 2.05) is 36.7 Å². The summed E-state index contributed by atoms with van der Waals surface area (Å²) < 4.78 is 2.10. The van der Waals surface area contributed by atoms with E-state index in [9.17, 15) is 0 Å². The number of aryl methyl sites for hydroxylation is 1. The topological polar surface area (TPSA) is 30.7 Å². The molecule has 4 rings (SSSR count). The number of pyridine rings is 1. The Morgan fingerprint density at radius 3 is 2.52 bits per heavy atom. The predicted molar refractivity (Wildman–Crippen MR) is 103 cm³/mol. The van der Waals surface area contributed by atoms with Crippen molar-refractivity contribution in [3.05, 3.63) is 69.1 Å². The zero-order valence-corrected chi connectivity index (χ0v) is 16.5. The molecule has 3 nitrogen and oxygen atoms in total. The second-order valence-electron chi connectivity index (χ2n) is 6.46. The van der Waals surface area contributed by atoms with Gasteiger partial charge >= 0.3 is 0 Å². The molecule has 0 saturated carbocycles. The number of aromatic nitrogens is 3. The molecule has 1 aromatic carbocycles. The second-order valence-corrected chi connectivity index (χ2v) is 8.33. The minimum Gasteiger partial charge on any atom is -0.265 e. The van der Waals surface area contributed by atoms with Gasteiger partial charge in [-0.25, -0.2) is 0 Å². The van der Waals surface area contributed by atoms with Crippen LogP contribution in [0.25, 0.3) is 0 Å². The number of rotatable bonds is 2. The van der Waals surface area contributed by atoms with Gasteiger partial charge in [0.25, 0.3) is 0 Å². The van der Waals surface area contributed by atoms with E-state index in [1.54, 1.807) is 11.8 Å². The lowest BCUT2D eigenvalue weighted by Gasteiger charge is -2.28. The van der Waals surface area contributed by atoms with Crippen molar-refractivity contribution in [1.82, 2.24) is 14.8 Å². The predicted octanol–water partition coefficient (Wildman–Crippen LogP) is 6.12. The van der Waals surface area contributed by atoms with Crippen LogP contribution in [0.1, 0.15) is 48.2 Å². The number of halogens is 2. The molecule has 0 bridgehead atoms. The molecular weight excluding hydrogens is 373 g/mol. The first-order valence-corrected chi connectivity index (χ1v) is 9.70. The Morgan fingerprint density at radius 2 is 1.84 bits per heavy atom. The molecule has 0 radical (unpaired) electrons. The highest BCUT2D eigenvalue weighted by Crippen LogP contribution is 2.52. The van der Waals surface area contributed by atoms with Crippen molar-refractivity contribution < 1.29 is 0 Å². The molecule has 1 aliphatic heterocycles. The van der Waals surface area contributed by atoms with Crippen LogP contribution in [0, 0.1) is 6.92 Å². The lowest BCUT2D eigenvalue weighted by molar-refractivity contribution is 0.487. The average molecular weight is 390 g/mol. The van der Waals surface area contributed by atoms with E-state index in [0.29, 0.717) is 10.0 Å². The number of hydrogen-bond acceptors (Lipinski definition) is 3. The van der Waals surface area contributed by atoms with Crippen LogP contribution in [0.3, 0.4) is 0 Å². The zero-order valence-electron chi connectivity index (χ0n) is 14.1. The van der Waals surface area contributed by atoms with Gasteiger partial charge in [0.05, 0.1) is 5.69 Å².